The number of esters is 4. The van der Waals surface area contributed by atoms with Crippen LogP contribution in [0, 0.1) is 5.92 Å². The molecule has 3 unspecified atom stereocenters. The van der Waals surface area contributed by atoms with Gasteiger partial charge in [-0.25, -0.2) is 28.7 Å². The van der Waals surface area contributed by atoms with Gasteiger partial charge < -0.3 is 54.7 Å². The zero-order valence-corrected chi connectivity index (χ0v) is 78.1. The van der Waals surface area contributed by atoms with Gasteiger partial charge in [-0.3, -0.25) is 19.2 Å². The van der Waals surface area contributed by atoms with Crippen LogP contribution in [0.3, 0.4) is 0 Å². The van der Waals surface area contributed by atoms with Crippen LogP contribution in [-0.4, -0.2) is 118 Å². The summed E-state index contributed by atoms with van der Waals surface area (Å²) in [5.74, 6) is -6.01. The number of hydrogen-bond acceptors (Lipinski definition) is 21. The molecule has 27 nitrogen and oxygen atoms in total. The molecule has 133 heavy (non-hydrogen) atoms. The lowest BCUT2D eigenvalue weighted by atomic mass is 9.93. The molecule has 0 aliphatic rings. The fourth-order valence-corrected chi connectivity index (χ4v) is 15.7. The number of carbonyl (C=O) groups is 9. The summed E-state index contributed by atoms with van der Waals surface area (Å²) in [5.41, 5.74) is 6.32. The largest absolute Gasteiger partial charge is 0.506 e. The maximum atomic E-state index is 14.3. The van der Waals surface area contributed by atoms with E-state index >= 15 is 0 Å². The number of aromatic hydroxyl groups is 1. The maximum Gasteiger partial charge on any atom is 0.347 e. The predicted molar refractivity (Wildman–Crippen MR) is 518 cm³/mol. The maximum absolute atomic E-state index is 14.3. The van der Waals surface area contributed by atoms with Crippen molar-refractivity contribution in [2.75, 3.05) is 27.5 Å². The summed E-state index contributed by atoms with van der Waals surface area (Å²) >= 11 is 14.5. The van der Waals surface area contributed by atoms with Gasteiger partial charge in [-0.05, 0) is 175 Å². The monoisotopic (exact) mass is 1860 g/mol. The third-order valence-corrected chi connectivity index (χ3v) is 23.7. The van der Waals surface area contributed by atoms with Gasteiger partial charge in [-0.1, -0.05) is 287 Å². The lowest BCUT2D eigenvalue weighted by molar-refractivity contribution is -0.153. The summed E-state index contributed by atoms with van der Waals surface area (Å²) in [6, 6.07) is 61.6. The number of carboxylic acid groups (broad SMARTS) is 1. The van der Waals surface area contributed by atoms with Crippen molar-refractivity contribution in [3.05, 3.63) is 273 Å². The zero-order valence-electron chi connectivity index (χ0n) is 75.8. The van der Waals surface area contributed by atoms with Crippen molar-refractivity contribution in [1.82, 2.24) is 35.6 Å². The SMILES string of the molecule is CCCCCCCCCCCCC(Oc1ccccc1NC(=O)c1ccc2c(N(Cc3ccccc3)C(C)=O)cccc2c1O)C(=O)O.CCCCCCCCCCCCOC(=O)C(C)OC(=O)c1ccc(Cl)c(NC(=O)C(Cc2ccccc2C(=O)Oc2ccc(CSc3nnnn3C)cc2)C(=O)Nc2cc(CC)ccc2Cl)c1.O=C(Oc1ccccc1)c1ccc2n[nH]nc2c1. The number of rotatable bonds is 47. The van der Waals surface area contributed by atoms with E-state index in [1.807, 2.05) is 79.7 Å². The number of hydrogen-bond donors (Lipinski definition) is 6. The van der Waals surface area contributed by atoms with Gasteiger partial charge in [0.1, 0.15) is 39.9 Å². The molecular weight excluding hydrogens is 1750 g/mol. The Balaban J connectivity index is 0.000000239. The van der Waals surface area contributed by atoms with Crippen LogP contribution in [-0.2, 0) is 65.6 Å². The molecule has 0 saturated heterocycles. The predicted octanol–water partition coefficient (Wildman–Crippen LogP) is 22.7. The minimum Gasteiger partial charge on any atom is -0.506 e. The number of halogens is 2. The summed E-state index contributed by atoms with van der Waals surface area (Å²) in [7, 11) is 1.75. The number of nitrogens with zero attached hydrogens (tertiary/aromatic N) is 7. The van der Waals surface area contributed by atoms with Crippen molar-refractivity contribution in [2.24, 2.45) is 13.0 Å². The number of thioether (sulfide) groups is 1. The second-order valence-corrected chi connectivity index (χ2v) is 33.8. The summed E-state index contributed by atoms with van der Waals surface area (Å²) in [5, 5.41) is 53.2. The van der Waals surface area contributed by atoms with Gasteiger partial charge in [0.15, 0.2) is 12.2 Å². The molecule has 4 amide bonds. The molecule has 12 rings (SSSR count). The number of carbonyl (C=O) groups excluding carboxylic acids is 8. The first-order valence-corrected chi connectivity index (χ1v) is 47.0. The third-order valence-electron chi connectivity index (χ3n) is 22.0. The number of benzene rings is 10. The number of carboxylic acids is 1. The number of phenols is 1. The van der Waals surface area contributed by atoms with Gasteiger partial charge in [-0.2, -0.15) is 15.4 Å². The second-order valence-electron chi connectivity index (χ2n) is 32.1. The smallest absolute Gasteiger partial charge is 0.347 e. The van der Waals surface area contributed by atoms with E-state index in [0.29, 0.717) is 86.0 Å². The molecule has 0 bridgehead atoms. The van der Waals surface area contributed by atoms with Crippen molar-refractivity contribution < 1.29 is 77.0 Å². The van der Waals surface area contributed by atoms with Crippen molar-refractivity contribution in [3.63, 3.8) is 0 Å². The zero-order chi connectivity index (χ0) is 94.8. The number of aryl methyl sites for hydroxylation is 2. The Kier molecular flexibility index (Phi) is 41.2. The normalized spacial score (nSPS) is 11.6. The molecule has 6 N–H and O–H groups in total. The van der Waals surface area contributed by atoms with Gasteiger partial charge in [0, 0.05) is 30.5 Å². The number of amides is 4. The van der Waals surface area contributed by atoms with Gasteiger partial charge in [0.2, 0.25) is 22.9 Å². The highest BCUT2D eigenvalue weighted by Gasteiger charge is 2.32. The van der Waals surface area contributed by atoms with Crippen LogP contribution >= 0.6 is 35.0 Å². The van der Waals surface area contributed by atoms with Crippen LogP contribution in [0.1, 0.15) is 233 Å². The first kappa shape index (κ1) is 102. The lowest BCUT2D eigenvalue weighted by Crippen LogP contribution is -2.36. The molecule has 0 fully saturated rings. The number of phenolic OH excluding ortho intramolecular Hbond substituents is 1. The highest BCUT2D eigenvalue weighted by Crippen LogP contribution is 2.38. The summed E-state index contributed by atoms with van der Waals surface area (Å²) in [4.78, 5) is 120. The fraction of sp³-hybridized carbons (Fsp3) is 0.340. The first-order valence-electron chi connectivity index (χ1n) is 45.2. The molecule has 698 valence electrons. The van der Waals surface area contributed by atoms with E-state index in [4.69, 9.17) is 46.9 Å². The lowest BCUT2D eigenvalue weighted by Gasteiger charge is -2.23. The number of nitrogens with one attached hydrogen (secondary N) is 4. The Labute approximate surface area is 789 Å². The number of unbranched alkanes of at least 4 members (excludes halogenated alkanes) is 18. The Morgan fingerprint density at radius 1 is 0.526 bits per heavy atom. The molecule has 30 heteroatoms. The van der Waals surface area contributed by atoms with Gasteiger partial charge in [-0.15, -0.1) is 5.10 Å². The van der Waals surface area contributed by atoms with Crippen molar-refractivity contribution >= 4 is 133 Å². The Morgan fingerprint density at radius 2 is 1.10 bits per heavy atom. The number of tetrazole rings is 1. The number of ether oxygens (including phenoxy) is 5. The number of anilines is 4. The highest BCUT2D eigenvalue weighted by molar-refractivity contribution is 7.98. The topological polar surface area (TPSA) is 365 Å². The molecule has 3 atom stereocenters. The minimum atomic E-state index is -1.46. The fourth-order valence-electron chi connectivity index (χ4n) is 14.5. The van der Waals surface area contributed by atoms with E-state index in [2.05, 4.69) is 60.7 Å². The van der Waals surface area contributed by atoms with Crippen molar-refractivity contribution in [1.29, 1.82) is 0 Å². The standard InChI is InChI=1S/C50H58Cl2N6O8S.C40H48N2O6.C13H9N3O2/c1-5-7-8-9-10-11-12-13-14-17-28-64-47(61)33(3)65-48(62)37-23-27-42(52)44(31-37)54-46(60)40(45(59)53-43-29-34(6-2)22-26-41(43)51)30-36-18-15-16-19-39(36)49(63)66-38-24-20-35(21-25-38)32-67-50-55-56-57-58(50)4;1-3-4-5-6-7-8-9-10-11-15-25-37(40(46)47)48-36-24-17-16-22-34(36)41-39(45)33-27-26-31-32(38(33)44)21-18-23-35(31)42(29(2)43)28-30-19-13-12-14-20-30;17-13(18-10-4-2-1-3-5-10)9-6-7-11-12(8-9)15-16-14-11/h15-16,18-27,29,31,33,40H,5-14,17,28,30,32H2,1-4H3,(H,53,59)(H,54,60);12-14,16-24,26-27,37,44H,3-11,15,25,28H2,1-2H3,(H,41,45)(H,46,47);1-8H,(H,14,15,16). The number of aromatic nitrogens is 7. The average molecular weight is 1870 g/mol. The van der Waals surface area contributed by atoms with Crippen LogP contribution in [0.25, 0.3) is 21.8 Å². The second kappa shape index (κ2) is 53.9. The summed E-state index contributed by atoms with van der Waals surface area (Å²) in [6.07, 6.45) is 21.5. The summed E-state index contributed by atoms with van der Waals surface area (Å²) in [6.45, 7) is 9.88. The molecule has 10 aromatic carbocycles. The van der Waals surface area contributed by atoms with E-state index < -0.39 is 65.7 Å². The number of fused-ring (bicyclic) bond motifs is 2. The first-order chi connectivity index (χ1) is 64.5. The van der Waals surface area contributed by atoms with Crippen LogP contribution in [0.4, 0.5) is 22.7 Å². The number of para-hydroxylation sites is 3. The van der Waals surface area contributed by atoms with Crippen LogP contribution in [0.15, 0.2) is 224 Å². The van der Waals surface area contributed by atoms with Crippen LogP contribution < -0.4 is 35.1 Å². The molecule has 12 aromatic rings. The molecular formula is C103H115Cl2N11O16S. The number of aliphatic carboxylic acids is 1. The molecule has 2 heterocycles. The van der Waals surface area contributed by atoms with Crippen LogP contribution in [0.5, 0.6) is 23.0 Å². The van der Waals surface area contributed by atoms with E-state index in [9.17, 15) is 53.4 Å². The molecule has 0 saturated carbocycles. The van der Waals surface area contributed by atoms with Crippen LogP contribution in [0.2, 0.25) is 10.0 Å². The van der Waals surface area contributed by atoms with Gasteiger partial charge in [0.05, 0.1) is 68.2 Å². The average Bonchev–Trinajstić information content (AvgIpc) is 1.55. The van der Waals surface area contributed by atoms with Crippen molar-refractivity contribution in [2.45, 2.75) is 212 Å². The Morgan fingerprint density at radius 3 is 1.74 bits per heavy atom. The molecule has 2 aromatic heterocycles. The van der Waals surface area contributed by atoms with Crippen molar-refractivity contribution in [3.8, 4) is 23.0 Å². The molecule has 0 spiro atoms. The van der Waals surface area contributed by atoms with E-state index in [1.54, 1.807) is 138 Å². The van der Waals surface area contributed by atoms with Gasteiger partial charge in [0.25, 0.3) is 5.91 Å². The number of aromatic amines is 1. The summed E-state index contributed by atoms with van der Waals surface area (Å²) < 4.78 is 29.3. The van der Waals surface area contributed by atoms with E-state index in [-0.39, 0.29) is 68.6 Å². The minimum absolute atomic E-state index is 0.00362. The molecule has 0 radical (unpaired) electrons. The molecule has 0 aliphatic carbocycles. The van der Waals surface area contributed by atoms with E-state index in [1.165, 1.54) is 127 Å². The Bertz CT molecular complexity index is 5850. The molecule has 0 aliphatic heterocycles. The number of H-pyrrole nitrogens is 1. The third kappa shape index (κ3) is 32.0. The highest BCUT2D eigenvalue weighted by atomic mass is 35.5. The quantitative estimate of drug-likeness (QED) is 0.00678. The van der Waals surface area contributed by atoms with Gasteiger partial charge >= 0.3 is 29.8 Å². The Hall–Kier alpha value is -13.3. The van der Waals surface area contributed by atoms with E-state index in [0.717, 1.165) is 68.1 Å².